The van der Waals surface area contributed by atoms with E-state index in [2.05, 4.69) is 20.7 Å². The van der Waals surface area contributed by atoms with E-state index in [-0.39, 0.29) is 23.5 Å². The molecule has 0 saturated heterocycles. The van der Waals surface area contributed by atoms with Gasteiger partial charge in [-0.05, 0) is 42.5 Å². The Hall–Kier alpha value is -3.53. The first-order valence-corrected chi connectivity index (χ1v) is 7.26. The Bertz CT molecular complexity index is 906. The van der Waals surface area contributed by atoms with Gasteiger partial charge in [0, 0.05) is 16.8 Å². The van der Waals surface area contributed by atoms with Crippen molar-refractivity contribution in [2.24, 2.45) is 0 Å². The Balaban J connectivity index is 2.13. The molecular formula is C18H18N4O3. The topological polar surface area (TPSA) is 103 Å². The maximum atomic E-state index is 12.3. The number of nitrogens with zero attached hydrogens (tertiary/aromatic N) is 1. The van der Waals surface area contributed by atoms with Gasteiger partial charge >= 0.3 is 5.97 Å². The maximum absolute atomic E-state index is 12.3. The lowest BCUT2D eigenvalue weighted by Gasteiger charge is -2.13. The van der Waals surface area contributed by atoms with Crippen molar-refractivity contribution >= 4 is 28.9 Å². The number of anilines is 3. The fourth-order valence-electron chi connectivity index (χ4n) is 2.04. The number of amides is 1. The number of hydrogen-bond donors (Lipinski definition) is 3. The standard InChI is InChI=1S/C18H18N4O3/c1-20-15-8-5-13(18(24)25-2)9-16(15)22-17(23)11-21-14-6-3-12(10-19)4-7-14/h3-9,20-21H,11H2,1-2H3,(H,22,23)/i1D3. The van der Waals surface area contributed by atoms with Gasteiger partial charge in [0.05, 0.1) is 42.2 Å². The zero-order valence-electron chi connectivity index (χ0n) is 16.4. The molecule has 0 bridgehead atoms. The van der Waals surface area contributed by atoms with Gasteiger partial charge in [-0.1, -0.05) is 0 Å². The van der Waals surface area contributed by atoms with Gasteiger partial charge in [0.2, 0.25) is 5.91 Å². The van der Waals surface area contributed by atoms with E-state index in [1.165, 1.54) is 25.3 Å². The number of carbonyl (C=O) groups is 2. The van der Waals surface area contributed by atoms with Crippen molar-refractivity contribution < 1.29 is 18.4 Å². The summed E-state index contributed by atoms with van der Waals surface area (Å²) in [5.41, 5.74) is 1.56. The number of rotatable bonds is 6. The Morgan fingerprint density at radius 1 is 1.20 bits per heavy atom. The molecule has 0 aliphatic heterocycles. The van der Waals surface area contributed by atoms with Gasteiger partial charge in [-0.25, -0.2) is 4.79 Å². The average molecular weight is 341 g/mol. The van der Waals surface area contributed by atoms with Crippen molar-refractivity contribution in [1.29, 1.82) is 5.26 Å². The molecule has 0 unspecified atom stereocenters. The van der Waals surface area contributed by atoms with E-state index in [0.717, 1.165) is 0 Å². The third kappa shape index (κ3) is 4.72. The van der Waals surface area contributed by atoms with Crippen LogP contribution in [0.5, 0.6) is 0 Å². The second-order valence-electron chi connectivity index (χ2n) is 4.97. The van der Waals surface area contributed by atoms with Gasteiger partial charge in [-0.3, -0.25) is 4.79 Å². The fraction of sp³-hybridized carbons (Fsp3) is 0.167. The highest BCUT2D eigenvalue weighted by atomic mass is 16.5. The summed E-state index contributed by atoms with van der Waals surface area (Å²) in [5.74, 6) is -1.08. The predicted octanol–water partition coefficient (Wildman–Crippen LogP) is 2.44. The molecule has 7 heteroatoms. The van der Waals surface area contributed by atoms with Gasteiger partial charge in [-0.15, -0.1) is 0 Å². The van der Waals surface area contributed by atoms with E-state index in [0.29, 0.717) is 11.3 Å². The molecular weight excluding hydrogens is 320 g/mol. The lowest BCUT2D eigenvalue weighted by molar-refractivity contribution is -0.114. The first-order chi connectivity index (χ1) is 13.2. The first-order valence-electron chi connectivity index (χ1n) is 8.76. The molecule has 0 heterocycles. The molecule has 25 heavy (non-hydrogen) atoms. The van der Waals surface area contributed by atoms with Crippen LogP contribution in [0.3, 0.4) is 0 Å². The molecule has 1 amide bonds. The lowest BCUT2D eigenvalue weighted by Crippen LogP contribution is -2.22. The summed E-state index contributed by atoms with van der Waals surface area (Å²) in [6.07, 6.45) is 0. The Labute approximate surface area is 149 Å². The minimum absolute atomic E-state index is 0.110. The number of hydrogen-bond acceptors (Lipinski definition) is 6. The number of carbonyl (C=O) groups excluding carboxylic acids is 2. The molecule has 128 valence electrons. The number of benzene rings is 2. The minimum atomic E-state index is -2.48. The van der Waals surface area contributed by atoms with Crippen molar-refractivity contribution in [2.45, 2.75) is 0 Å². The predicted molar refractivity (Wildman–Crippen MR) is 95.6 cm³/mol. The molecule has 2 aromatic rings. The molecule has 3 N–H and O–H groups in total. The summed E-state index contributed by atoms with van der Waals surface area (Å²) in [7, 11) is 1.22. The molecule has 7 nitrogen and oxygen atoms in total. The highest BCUT2D eigenvalue weighted by Crippen LogP contribution is 2.23. The first kappa shape index (κ1) is 13.9. The van der Waals surface area contributed by atoms with Crippen LogP contribution in [0.25, 0.3) is 0 Å². The van der Waals surface area contributed by atoms with Gasteiger partial charge in [-0.2, -0.15) is 5.26 Å². The van der Waals surface area contributed by atoms with E-state index < -0.39 is 18.9 Å². The third-order valence-electron chi connectivity index (χ3n) is 3.32. The molecule has 0 radical (unpaired) electrons. The van der Waals surface area contributed by atoms with Crippen LogP contribution in [0.2, 0.25) is 0 Å². The van der Waals surface area contributed by atoms with Crippen molar-refractivity contribution in [3.63, 3.8) is 0 Å². The Morgan fingerprint density at radius 2 is 1.96 bits per heavy atom. The van der Waals surface area contributed by atoms with Crippen LogP contribution in [-0.2, 0) is 9.53 Å². The van der Waals surface area contributed by atoms with E-state index in [9.17, 15) is 9.59 Å². The molecule has 0 spiro atoms. The van der Waals surface area contributed by atoms with Crippen molar-refractivity contribution in [3.8, 4) is 6.07 Å². The molecule has 2 aromatic carbocycles. The maximum Gasteiger partial charge on any atom is 0.337 e. The van der Waals surface area contributed by atoms with Crippen LogP contribution in [0, 0.1) is 11.3 Å². The fourth-order valence-corrected chi connectivity index (χ4v) is 2.04. The van der Waals surface area contributed by atoms with E-state index in [1.807, 2.05) is 6.07 Å². The van der Waals surface area contributed by atoms with E-state index in [4.69, 9.17) is 9.37 Å². The van der Waals surface area contributed by atoms with Crippen LogP contribution < -0.4 is 16.0 Å². The molecule has 0 saturated carbocycles. The Morgan fingerprint density at radius 3 is 2.60 bits per heavy atom. The van der Waals surface area contributed by atoms with Crippen molar-refractivity contribution in [2.75, 3.05) is 36.6 Å². The normalized spacial score (nSPS) is 11.9. The SMILES string of the molecule is [2H]C([2H])([2H])Nc1ccc(C(=O)OC)cc1NC(=O)CNc1ccc(C#N)cc1. The number of methoxy groups -OCH3 is 1. The summed E-state index contributed by atoms with van der Waals surface area (Å²) >= 11 is 0. The quantitative estimate of drug-likeness (QED) is 0.697. The van der Waals surface area contributed by atoms with Crippen molar-refractivity contribution in [3.05, 3.63) is 53.6 Å². The third-order valence-corrected chi connectivity index (χ3v) is 3.32. The summed E-state index contributed by atoms with van der Waals surface area (Å²) in [5, 5.41) is 16.5. The number of esters is 1. The minimum Gasteiger partial charge on any atom is -0.465 e. The largest absolute Gasteiger partial charge is 0.465 e. The molecule has 0 fully saturated rings. The molecule has 0 aliphatic carbocycles. The smallest absolute Gasteiger partial charge is 0.337 e. The van der Waals surface area contributed by atoms with E-state index >= 15 is 0 Å². The zero-order valence-corrected chi connectivity index (χ0v) is 13.4. The zero-order chi connectivity index (χ0) is 20.7. The lowest BCUT2D eigenvalue weighted by atomic mass is 10.1. The van der Waals surface area contributed by atoms with Crippen LogP contribution in [-0.4, -0.2) is 32.5 Å². The van der Waals surface area contributed by atoms with Gasteiger partial charge < -0.3 is 20.7 Å². The summed E-state index contributed by atoms with van der Waals surface area (Å²) in [4.78, 5) is 24.0. The second-order valence-corrected chi connectivity index (χ2v) is 4.97. The highest BCUT2D eigenvalue weighted by molar-refractivity contribution is 5.99. The van der Waals surface area contributed by atoms with Gasteiger partial charge in [0.15, 0.2) is 0 Å². The van der Waals surface area contributed by atoms with Crippen molar-refractivity contribution in [1.82, 2.24) is 0 Å². The molecule has 2 rings (SSSR count). The van der Waals surface area contributed by atoms with E-state index in [1.54, 1.807) is 24.3 Å². The Kier molecular flexibility index (Phi) is 4.64. The molecule has 0 aliphatic rings. The summed E-state index contributed by atoms with van der Waals surface area (Å²) in [6.45, 7) is -2.59. The second kappa shape index (κ2) is 8.36. The monoisotopic (exact) mass is 341 g/mol. The molecule has 0 atom stereocenters. The number of ether oxygens (including phenoxy) is 1. The average Bonchev–Trinajstić information content (AvgIpc) is 2.66. The molecule has 0 aromatic heterocycles. The summed E-state index contributed by atoms with van der Waals surface area (Å²) in [6, 6.07) is 12.6. The number of nitriles is 1. The summed E-state index contributed by atoms with van der Waals surface area (Å²) < 4.78 is 26.6. The van der Waals surface area contributed by atoms with Crippen LogP contribution in [0.4, 0.5) is 17.1 Å². The number of nitrogens with one attached hydrogen (secondary N) is 3. The van der Waals surface area contributed by atoms with Gasteiger partial charge in [0.1, 0.15) is 0 Å². The van der Waals surface area contributed by atoms with Crippen LogP contribution >= 0.6 is 0 Å². The van der Waals surface area contributed by atoms with Crippen LogP contribution in [0.15, 0.2) is 42.5 Å². The highest BCUT2D eigenvalue weighted by Gasteiger charge is 2.11. The van der Waals surface area contributed by atoms with Crippen LogP contribution in [0.1, 0.15) is 20.0 Å². The van der Waals surface area contributed by atoms with Gasteiger partial charge in [0.25, 0.3) is 0 Å².